The molecule has 2 aliphatic heterocycles. The van der Waals surface area contributed by atoms with Gasteiger partial charge in [0.25, 0.3) is 0 Å². The average molecular weight is 377 g/mol. The van der Waals surface area contributed by atoms with Gasteiger partial charge in [-0.05, 0) is 42.7 Å². The number of ether oxygens (including phenoxy) is 1. The highest BCUT2D eigenvalue weighted by Crippen LogP contribution is 2.34. The van der Waals surface area contributed by atoms with Crippen molar-refractivity contribution in [3.8, 4) is 5.75 Å². The number of hydrogen-bond donors (Lipinski definition) is 0. The maximum atomic E-state index is 13.1. The van der Waals surface area contributed by atoms with E-state index in [9.17, 15) is 4.79 Å². The summed E-state index contributed by atoms with van der Waals surface area (Å²) in [5.74, 6) is 0.842. The second-order valence-electron chi connectivity index (χ2n) is 7.54. The van der Waals surface area contributed by atoms with Gasteiger partial charge in [0.05, 0.1) is 19.6 Å². The number of hydrogen-bond acceptors (Lipinski definition) is 5. The van der Waals surface area contributed by atoms with Gasteiger partial charge in [0.15, 0.2) is 5.58 Å². The Hall–Kier alpha value is -3.02. The highest BCUT2D eigenvalue weighted by molar-refractivity contribution is 5.87. The van der Waals surface area contributed by atoms with Crippen molar-refractivity contribution < 1.29 is 14.1 Å². The van der Waals surface area contributed by atoms with Gasteiger partial charge in [0.1, 0.15) is 11.4 Å². The minimum atomic E-state index is 0.107. The molecule has 0 unspecified atom stereocenters. The molecule has 28 heavy (non-hydrogen) atoms. The fraction of sp³-hybridized carbons (Fsp3) is 0.364. The van der Waals surface area contributed by atoms with Gasteiger partial charge in [0, 0.05) is 30.7 Å². The summed E-state index contributed by atoms with van der Waals surface area (Å²) in [4.78, 5) is 17.5. The third-order valence-electron chi connectivity index (χ3n) is 5.88. The standard InChI is InChI=1S/C22H23N3O3/c1-27-17-7-8-21-18(12-17)19(23-28-21)13-22(26)24-9-4-10-25-16(14-24)11-15-5-2-3-6-20(15)25/h2-3,5-8,12,16H,4,9-11,13-14H2,1H3/t16-/m0/s1. The molecule has 1 fully saturated rings. The molecule has 1 atom stereocenters. The van der Waals surface area contributed by atoms with E-state index >= 15 is 0 Å². The molecule has 0 bridgehead atoms. The van der Waals surface area contributed by atoms with Gasteiger partial charge in [0.2, 0.25) is 5.91 Å². The topological polar surface area (TPSA) is 58.8 Å². The lowest BCUT2D eigenvalue weighted by Gasteiger charge is -2.27. The third kappa shape index (κ3) is 2.89. The van der Waals surface area contributed by atoms with E-state index in [2.05, 4.69) is 34.3 Å². The van der Waals surface area contributed by atoms with Gasteiger partial charge in [-0.3, -0.25) is 4.79 Å². The molecule has 1 saturated heterocycles. The van der Waals surface area contributed by atoms with Crippen LogP contribution in [0.25, 0.3) is 11.0 Å². The van der Waals surface area contributed by atoms with E-state index in [1.165, 1.54) is 11.3 Å². The van der Waals surface area contributed by atoms with E-state index in [1.54, 1.807) is 7.11 Å². The number of anilines is 1. The summed E-state index contributed by atoms with van der Waals surface area (Å²) in [6, 6.07) is 14.5. The lowest BCUT2D eigenvalue weighted by Crippen LogP contribution is -2.42. The van der Waals surface area contributed by atoms with Crippen molar-refractivity contribution >= 4 is 22.6 Å². The molecule has 6 heteroatoms. The van der Waals surface area contributed by atoms with Crippen molar-refractivity contribution in [3.05, 3.63) is 53.7 Å². The molecule has 144 valence electrons. The summed E-state index contributed by atoms with van der Waals surface area (Å²) >= 11 is 0. The first-order valence-corrected chi connectivity index (χ1v) is 9.77. The molecule has 5 rings (SSSR count). The Balaban J connectivity index is 1.34. The zero-order valence-electron chi connectivity index (χ0n) is 15.9. The maximum absolute atomic E-state index is 13.1. The Morgan fingerprint density at radius 3 is 3.04 bits per heavy atom. The monoisotopic (exact) mass is 377 g/mol. The molecule has 1 aromatic heterocycles. The van der Waals surface area contributed by atoms with E-state index in [1.807, 2.05) is 23.1 Å². The summed E-state index contributed by atoms with van der Waals surface area (Å²) < 4.78 is 10.7. The van der Waals surface area contributed by atoms with Crippen molar-refractivity contribution in [1.29, 1.82) is 0 Å². The Kier molecular flexibility index (Phi) is 4.19. The lowest BCUT2D eigenvalue weighted by atomic mass is 10.1. The Morgan fingerprint density at radius 2 is 2.14 bits per heavy atom. The number of methoxy groups -OCH3 is 1. The molecule has 1 amide bonds. The van der Waals surface area contributed by atoms with Crippen LogP contribution >= 0.6 is 0 Å². The first-order valence-electron chi connectivity index (χ1n) is 9.77. The molecular formula is C22H23N3O3. The second kappa shape index (κ2) is 6.86. The zero-order chi connectivity index (χ0) is 19.1. The van der Waals surface area contributed by atoms with Crippen LogP contribution in [0.5, 0.6) is 5.75 Å². The number of para-hydroxylation sites is 1. The van der Waals surface area contributed by atoms with Crippen molar-refractivity contribution in [3.63, 3.8) is 0 Å². The summed E-state index contributed by atoms with van der Waals surface area (Å²) in [7, 11) is 1.63. The van der Waals surface area contributed by atoms with Crippen LogP contribution in [0.4, 0.5) is 5.69 Å². The van der Waals surface area contributed by atoms with E-state index in [0.717, 1.165) is 43.6 Å². The second-order valence-corrected chi connectivity index (χ2v) is 7.54. The minimum absolute atomic E-state index is 0.107. The van der Waals surface area contributed by atoms with Gasteiger partial charge in [-0.25, -0.2) is 0 Å². The van der Waals surface area contributed by atoms with Gasteiger partial charge in [-0.2, -0.15) is 0 Å². The minimum Gasteiger partial charge on any atom is -0.497 e. The smallest absolute Gasteiger partial charge is 0.228 e. The summed E-state index contributed by atoms with van der Waals surface area (Å²) in [5, 5.41) is 4.98. The first-order chi connectivity index (χ1) is 13.7. The number of benzene rings is 2. The van der Waals surface area contributed by atoms with Crippen LogP contribution < -0.4 is 9.64 Å². The number of rotatable bonds is 3. The first kappa shape index (κ1) is 17.1. The lowest BCUT2D eigenvalue weighted by molar-refractivity contribution is -0.130. The molecule has 2 aliphatic rings. The number of carbonyl (C=O) groups is 1. The number of carbonyl (C=O) groups excluding carboxylic acids is 1. The number of amides is 1. The predicted molar refractivity (Wildman–Crippen MR) is 107 cm³/mol. The molecule has 0 N–H and O–H groups in total. The van der Waals surface area contributed by atoms with Gasteiger partial charge in [-0.1, -0.05) is 23.4 Å². The molecule has 2 aromatic carbocycles. The van der Waals surface area contributed by atoms with E-state index < -0.39 is 0 Å². The van der Waals surface area contributed by atoms with Crippen molar-refractivity contribution in [2.45, 2.75) is 25.3 Å². The highest BCUT2D eigenvalue weighted by atomic mass is 16.5. The van der Waals surface area contributed by atoms with Crippen molar-refractivity contribution in [2.24, 2.45) is 0 Å². The molecular weight excluding hydrogens is 354 g/mol. The Morgan fingerprint density at radius 1 is 1.25 bits per heavy atom. The van der Waals surface area contributed by atoms with Gasteiger partial charge < -0.3 is 19.1 Å². The summed E-state index contributed by atoms with van der Waals surface area (Å²) in [6.07, 6.45) is 2.23. The maximum Gasteiger partial charge on any atom is 0.228 e. The molecule has 6 nitrogen and oxygen atoms in total. The van der Waals surface area contributed by atoms with Crippen LogP contribution in [0.3, 0.4) is 0 Å². The van der Waals surface area contributed by atoms with Crippen LogP contribution in [-0.2, 0) is 17.6 Å². The molecule has 0 spiro atoms. The number of aromatic nitrogens is 1. The zero-order valence-corrected chi connectivity index (χ0v) is 15.9. The summed E-state index contributed by atoms with van der Waals surface area (Å²) in [5.41, 5.74) is 4.07. The van der Waals surface area contributed by atoms with Crippen LogP contribution in [0.1, 0.15) is 17.7 Å². The Labute approximate surface area is 163 Å². The van der Waals surface area contributed by atoms with Crippen LogP contribution in [-0.4, -0.2) is 48.7 Å². The molecule has 3 heterocycles. The normalized spacial score (nSPS) is 18.7. The number of fused-ring (bicyclic) bond motifs is 4. The fourth-order valence-electron chi connectivity index (χ4n) is 4.47. The average Bonchev–Trinajstić information content (AvgIpc) is 3.20. The van der Waals surface area contributed by atoms with Crippen LogP contribution in [0.15, 0.2) is 47.0 Å². The van der Waals surface area contributed by atoms with E-state index in [-0.39, 0.29) is 12.3 Å². The SMILES string of the molecule is COc1ccc2onc(CC(=O)N3CCCN4c5ccccc5C[C@H]4C3)c2c1. The van der Waals surface area contributed by atoms with E-state index in [4.69, 9.17) is 9.26 Å². The molecule has 0 radical (unpaired) electrons. The fourth-order valence-corrected chi connectivity index (χ4v) is 4.47. The Bertz CT molecular complexity index is 1030. The largest absolute Gasteiger partial charge is 0.497 e. The highest BCUT2D eigenvalue weighted by Gasteiger charge is 2.33. The molecule has 3 aromatic rings. The molecule has 0 aliphatic carbocycles. The predicted octanol–water partition coefficient (Wildman–Crippen LogP) is 3.04. The molecule has 0 saturated carbocycles. The third-order valence-corrected chi connectivity index (χ3v) is 5.88. The van der Waals surface area contributed by atoms with Crippen LogP contribution in [0, 0.1) is 0 Å². The van der Waals surface area contributed by atoms with Gasteiger partial charge >= 0.3 is 0 Å². The quantitative estimate of drug-likeness (QED) is 0.702. The number of nitrogens with zero attached hydrogens (tertiary/aromatic N) is 3. The van der Waals surface area contributed by atoms with E-state index in [0.29, 0.717) is 17.3 Å². The summed E-state index contributed by atoms with van der Waals surface area (Å²) in [6.45, 7) is 2.54. The van der Waals surface area contributed by atoms with Crippen LogP contribution in [0.2, 0.25) is 0 Å². The van der Waals surface area contributed by atoms with Crippen molar-refractivity contribution in [2.75, 3.05) is 31.6 Å². The van der Waals surface area contributed by atoms with Crippen molar-refractivity contribution in [1.82, 2.24) is 10.1 Å². The van der Waals surface area contributed by atoms with Gasteiger partial charge in [-0.15, -0.1) is 0 Å².